The zero-order chi connectivity index (χ0) is 13.0. The van der Waals surface area contributed by atoms with E-state index >= 15 is 0 Å². The van der Waals surface area contributed by atoms with E-state index in [0.29, 0.717) is 6.04 Å². The van der Waals surface area contributed by atoms with Crippen molar-refractivity contribution in [2.45, 2.75) is 75.4 Å². The Kier molecular flexibility index (Phi) is 5.05. The molecule has 106 valence electrons. The predicted octanol–water partition coefficient (Wildman–Crippen LogP) is 2.14. The monoisotopic (exact) mass is 254 g/mol. The topological polar surface area (TPSA) is 35.5 Å². The van der Waals surface area contributed by atoms with Crippen LogP contribution in [0.4, 0.5) is 0 Å². The lowest BCUT2D eigenvalue weighted by Gasteiger charge is -2.45. The van der Waals surface area contributed by atoms with Crippen LogP contribution < -0.4 is 5.32 Å². The fraction of sp³-hybridized carbons (Fsp3) is 1.00. The van der Waals surface area contributed by atoms with Gasteiger partial charge in [0, 0.05) is 17.6 Å². The number of aliphatic hydroxyl groups excluding tert-OH is 1. The molecule has 2 aliphatic rings. The molecule has 0 bridgehead atoms. The second kappa shape index (κ2) is 6.36. The third-order valence-electron chi connectivity index (χ3n) is 5.38. The van der Waals surface area contributed by atoms with Crippen LogP contribution in [0.3, 0.4) is 0 Å². The molecule has 0 aromatic heterocycles. The number of hydrogen-bond donors (Lipinski definition) is 2. The third kappa shape index (κ3) is 3.06. The molecule has 18 heavy (non-hydrogen) atoms. The van der Waals surface area contributed by atoms with E-state index in [4.69, 9.17) is 0 Å². The maximum Gasteiger partial charge on any atom is 0.0613 e. The SMILES string of the molecule is CNC1(CO)CCCC(N(C)C2CCCCC2)C1. The van der Waals surface area contributed by atoms with Gasteiger partial charge in [0.25, 0.3) is 0 Å². The Balaban J connectivity index is 1.94. The highest BCUT2D eigenvalue weighted by Crippen LogP contribution is 2.33. The molecular weight excluding hydrogens is 224 g/mol. The highest BCUT2D eigenvalue weighted by Gasteiger charge is 2.37. The lowest BCUT2D eigenvalue weighted by molar-refractivity contribution is 0.0474. The van der Waals surface area contributed by atoms with Gasteiger partial charge >= 0.3 is 0 Å². The van der Waals surface area contributed by atoms with E-state index in [1.165, 1.54) is 44.9 Å². The third-order valence-corrected chi connectivity index (χ3v) is 5.38. The molecule has 2 rings (SSSR count). The van der Waals surface area contributed by atoms with Crippen LogP contribution in [0.25, 0.3) is 0 Å². The molecule has 2 aliphatic carbocycles. The summed E-state index contributed by atoms with van der Waals surface area (Å²) in [6.45, 7) is 0.276. The van der Waals surface area contributed by atoms with Crippen molar-refractivity contribution < 1.29 is 5.11 Å². The summed E-state index contributed by atoms with van der Waals surface area (Å²) in [5.74, 6) is 0. The number of nitrogens with one attached hydrogen (secondary N) is 1. The van der Waals surface area contributed by atoms with Crippen molar-refractivity contribution in [3.63, 3.8) is 0 Å². The van der Waals surface area contributed by atoms with Gasteiger partial charge in [-0.3, -0.25) is 0 Å². The number of rotatable bonds is 4. The molecule has 2 atom stereocenters. The Labute approximate surface area is 112 Å². The van der Waals surface area contributed by atoms with Crippen molar-refractivity contribution in [3.8, 4) is 0 Å². The van der Waals surface area contributed by atoms with Gasteiger partial charge in [0.1, 0.15) is 0 Å². The van der Waals surface area contributed by atoms with E-state index in [-0.39, 0.29) is 12.1 Å². The number of nitrogens with zero attached hydrogens (tertiary/aromatic N) is 1. The molecule has 0 heterocycles. The minimum Gasteiger partial charge on any atom is -0.394 e. The van der Waals surface area contributed by atoms with Crippen molar-refractivity contribution in [2.75, 3.05) is 20.7 Å². The zero-order valence-electron chi connectivity index (χ0n) is 12.1. The summed E-state index contributed by atoms with van der Waals surface area (Å²) in [4.78, 5) is 2.63. The Hall–Kier alpha value is -0.120. The smallest absolute Gasteiger partial charge is 0.0613 e. The molecule has 2 fully saturated rings. The van der Waals surface area contributed by atoms with Gasteiger partial charge in [0.15, 0.2) is 0 Å². The first kappa shape index (κ1) is 14.3. The summed E-state index contributed by atoms with van der Waals surface area (Å²) >= 11 is 0. The maximum absolute atomic E-state index is 9.67. The molecule has 3 heteroatoms. The van der Waals surface area contributed by atoms with E-state index in [1.54, 1.807) is 0 Å². The summed E-state index contributed by atoms with van der Waals surface area (Å²) < 4.78 is 0. The predicted molar refractivity (Wildman–Crippen MR) is 75.8 cm³/mol. The van der Waals surface area contributed by atoms with Crippen LogP contribution in [-0.2, 0) is 0 Å². The second-order valence-corrected chi connectivity index (χ2v) is 6.40. The molecule has 0 radical (unpaired) electrons. The van der Waals surface area contributed by atoms with E-state index in [0.717, 1.165) is 18.9 Å². The normalized spacial score (nSPS) is 35.0. The van der Waals surface area contributed by atoms with Crippen molar-refractivity contribution in [3.05, 3.63) is 0 Å². The fourth-order valence-corrected chi connectivity index (χ4v) is 3.92. The van der Waals surface area contributed by atoms with E-state index in [1.807, 2.05) is 7.05 Å². The van der Waals surface area contributed by atoms with Crippen LogP contribution in [0.1, 0.15) is 57.8 Å². The molecule has 0 aromatic rings. The van der Waals surface area contributed by atoms with Gasteiger partial charge in [-0.25, -0.2) is 0 Å². The minimum atomic E-state index is -0.0220. The largest absolute Gasteiger partial charge is 0.394 e. The highest BCUT2D eigenvalue weighted by atomic mass is 16.3. The van der Waals surface area contributed by atoms with Crippen LogP contribution in [0.15, 0.2) is 0 Å². The first-order chi connectivity index (χ1) is 8.71. The van der Waals surface area contributed by atoms with Gasteiger partial charge in [0.05, 0.1) is 6.61 Å². The van der Waals surface area contributed by atoms with Crippen molar-refractivity contribution in [2.24, 2.45) is 0 Å². The van der Waals surface area contributed by atoms with Crippen molar-refractivity contribution in [1.29, 1.82) is 0 Å². The zero-order valence-corrected chi connectivity index (χ0v) is 12.1. The van der Waals surface area contributed by atoms with Crippen molar-refractivity contribution >= 4 is 0 Å². The van der Waals surface area contributed by atoms with Crippen LogP contribution in [0, 0.1) is 0 Å². The Morgan fingerprint density at radius 1 is 1.11 bits per heavy atom. The highest BCUT2D eigenvalue weighted by molar-refractivity contribution is 4.96. The van der Waals surface area contributed by atoms with E-state index in [9.17, 15) is 5.11 Å². The molecule has 2 N–H and O–H groups in total. The molecule has 0 aliphatic heterocycles. The first-order valence-corrected chi connectivity index (χ1v) is 7.72. The molecule has 0 amide bonds. The van der Waals surface area contributed by atoms with Gasteiger partial charge in [-0.05, 0) is 52.6 Å². The molecule has 2 unspecified atom stereocenters. The van der Waals surface area contributed by atoms with Gasteiger partial charge in [-0.1, -0.05) is 19.3 Å². The summed E-state index contributed by atoms with van der Waals surface area (Å²) in [7, 11) is 4.31. The van der Waals surface area contributed by atoms with Crippen LogP contribution in [0.5, 0.6) is 0 Å². The Morgan fingerprint density at radius 3 is 2.39 bits per heavy atom. The molecule has 3 nitrogen and oxygen atoms in total. The van der Waals surface area contributed by atoms with E-state index in [2.05, 4.69) is 17.3 Å². The molecule has 0 saturated heterocycles. The number of hydrogen-bond acceptors (Lipinski definition) is 3. The van der Waals surface area contributed by atoms with Gasteiger partial charge in [-0.2, -0.15) is 0 Å². The number of likely N-dealkylation sites (N-methyl/N-ethyl adjacent to an activating group) is 1. The summed E-state index contributed by atoms with van der Waals surface area (Å²) in [5.41, 5.74) is -0.0220. The van der Waals surface area contributed by atoms with Crippen LogP contribution >= 0.6 is 0 Å². The summed E-state index contributed by atoms with van der Waals surface area (Å²) in [6.07, 6.45) is 11.7. The maximum atomic E-state index is 9.67. The van der Waals surface area contributed by atoms with E-state index < -0.39 is 0 Å². The fourth-order valence-electron chi connectivity index (χ4n) is 3.92. The Morgan fingerprint density at radius 2 is 1.78 bits per heavy atom. The van der Waals surface area contributed by atoms with Crippen molar-refractivity contribution in [1.82, 2.24) is 10.2 Å². The average molecular weight is 254 g/mol. The van der Waals surface area contributed by atoms with Gasteiger partial charge in [0.2, 0.25) is 0 Å². The molecular formula is C15H30N2O. The lowest BCUT2D eigenvalue weighted by atomic mass is 9.78. The standard InChI is InChI=1S/C15H30N2O/c1-16-15(12-18)10-6-9-14(11-15)17(2)13-7-4-3-5-8-13/h13-14,16,18H,3-12H2,1-2H3. The molecule has 2 saturated carbocycles. The van der Waals surface area contributed by atoms with Gasteiger partial charge < -0.3 is 15.3 Å². The number of aliphatic hydroxyl groups is 1. The minimum absolute atomic E-state index is 0.0220. The average Bonchev–Trinajstić information content (AvgIpc) is 2.47. The lowest BCUT2D eigenvalue weighted by Crippen LogP contribution is -2.55. The summed E-state index contributed by atoms with van der Waals surface area (Å²) in [6, 6.07) is 1.44. The summed E-state index contributed by atoms with van der Waals surface area (Å²) in [5, 5.41) is 13.0. The Bertz CT molecular complexity index is 247. The quantitative estimate of drug-likeness (QED) is 0.807. The second-order valence-electron chi connectivity index (χ2n) is 6.40. The van der Waals surface area contributed by atoms with Crippen LogP contribution in [0.2, 0.25) is 0 Å². The van der Waals surface area contributed by atoms with Crippen LogP contribution in [-0.4, -0.2) is 48.3 Å². The first-order valence-electron chi connectivity index (χ1n) is 7.72. The molecule has 0 aromatic carbocycles. The molecule has 0 spiro atoms. The van der Waals surface area contributed by atoms with Gasteiger partial charge in [-0.15, -0.1) is 0 Å².